The molecule has 0 radical (unpaired) electrons. The van der Waals surface area contributed by atoms with E-state index < -0.39 is 11.8 Å². The average molecular weight is 394 g/mol. The first-order chi connectivity index (χ1) is 14.1. The zero-order valence-corrected chi connectivity index (χ0v) is 15.5. The summed E-state index contributed by atoms with van der Waals surface area (Å²) in [5.41, 5.74) is 0.599. The van der Waals surface area contributed by atoms with Gasteiger partial charge in [-0.05, 0) is 24.3 Å². The van der Waals surface area contributed by atoms with Crippen LogP contribution in [0, 0.1) is 0 Å². The molecule has 0 bridgehead atoms. The molecule has 29 heavy (non-hydrogen) atoms. The molecule has 0 unspecified atom stereocenters. The molecule has 148 valence electrons. The molecule has 4 rings (SSSR count). The summed E-state index contributed by atoms with van der Waals surface area (Å²) in [4.78, 5) is 25.0. The van der Waals surface area contributed by atoms with E-state index in [9.17, 15) is 9.59 Å². The number of amides is 2. The first-order valence-electron chi connectivity index (χ1n) is 8.75. The molecule has 0 saturated carbocycles. The Morgan fingerprint density at radius 1 is 1.10 bits per heavy atom. The van der Waals surface area contributed by atoms with Crippen molar-refractivity contribution in [2.24, 2.45) is 7.05 Å². The summed E-state index contributed by atoms with van der Waals surface area (Å²) in [6, 6.07) is 6.88. The number of aryl methyl sites for hydroxylation is 1. The van der Waals surface area contributed by atoms with E-state index in [4.69, 9.17) is 4.42 Å². The van der Waals surface area contributed by atoms with Gasteiger partial charge in [0.1, 0.15) is 12.4 Å². The number of carbonyl (C=O) groups excluding carboxylic acids is 2. The van der Waals surface area contributed by atoms with Gasteiger partial charge in [-0.2, -0.15) is 15.3 Å². The normalized spacial score (nSPS) is 10.8. The van der Waals surface area contributed by atoms with Crippen LogP contribution in [-0.2, 0) is 20.3 Å². The summed E-state index contributed by atoms with van der Waals surface area (Å²) in [5, 5.41) is 17.9. The van der Waals surface area contributed by atoms with E-state index in [1.807, 2.05) is 0 Å². The van der Waals surface area contributed by atoms with Gasteiger partial charge >= 0.3 is 0 Å². The molecule has 4 aromatic heterocycles. The van der Waals surface area contributed by atoms with Gasteiger partial charge in [0.25, 0.3) is 11.8 Å². The van der Waals surface area contributed by atoms with Gasteiger partial charge in [-0.3, -0.25) is 23.6 Å². The van der Waals surface area contributed by atoms with Crippen LogP contribution in [0.15, 0.2) is 59.7 Å². The fraction of sp³-hybridized carbons (Fsp3) is 0.167. The van der Waals surface area contributed by atoms with Crippen LogP contribution in [0.2, 0.25) is 0 Å². The Kier molecular flexibility index (Phi) is 4.93. The van der Waals surface area contributed by atoms with Crippen LogP contribution in [0.25, 0.3) is 0 Å². The number of furan rings is 1. The number of carbonyl (C=O) groups is 2. The van der Waals surface area contributed by atoms with Gasteiger partial charge in [-0.1, -0.05) is 0 Å². The van der Waals surface area contributed by atoms with Gasteiger partial charge in [-0.25, -0.2) is 0 Å². The van der Waals surface area contributed by atoms with Crippen LogP contribution in [0.4, 0.5) is 5.69 Å². The minimum atomic E-state index is -0.447. The van der Waals surface area contributed by atoms with Crippen LogP contribution in [0.3, 0.4) is 0 Å². The maximum Gasteiger partial charge on any atom is 0.276 e. The van der Waals surface area contributed by atoms with Crippen molar-refractivity contribution in [3.05, 3.63) is 72.5 Å². The van der Waals surface area contributed by atoms with Gasteiger partial charge in [0, 0.05) is 31.8 Å². The van der Waals surface area contributed by atoms with Crippen LogP contribution < -0.4 is 10.6 Å². The summed E-state index contributed by atoms with van der Waals surface area (Å²) in [6.07, 6.45) is 8.22. The number of nitrogens with one attached hydrogen (secondary N) is 2. The summed E-state index contributed by atoms with van der Waals surface area (Å²) >= 11 is 0. The molecule has 2 amide bonds. The second kappa shape index (κ2) is 7.84. The Morgan fingerprint density at radius 3 is 2.76 bits per heavy atom. The van der Waals surface area contributed by atoms with Crippen molar-refractivity contribution in [1.82, 2.24) is 34.7 Å². The number of anilines is 1. The van der Waals surface area contributed by atoms with Gasteiger partial charge in [-0.15, -0.1) is 0 Å². The number of rotatable bonds is 7. The third-order valence-electron chi connectivity index (χ3n) is 4.02. The molecule has 0 aromatic carbocycles. The van der Waals surface area contributed by atoms with Gasteiger partial charge in [0.2, 0.25) is 0 Å². The van der Waals surface area contributed by atoms with Crippen LogP contribution in [0.5, 0.6) is 0 Å². The van der Waals surface area contributed by atoms with E-state index in [-0.39, 0.29) is 23.6 Å². The van der Waals surface area contributed by atoms with Crippen molar-refractivity contribution in [1.29, 1.82) is 0 Å². The van der Waals surface area contributed by atoms with Crippen molar-refractivity contribution in [2.75, 3.05) is 5.32 Å². The highest BCUT2D eigenvalue weighted by atomic mass is 16.3. The molecular formula is C18H18N8O3. The van der Waals surface area contributed by atoms with Crippen molar-refractivity contribution < 1.29 is 14.0 Å². The third-order valence-corrected chi connectivity index (χ3v) is 4.02. The standard InChI is InChI=1S/C18H18N8O3/c1-24-11-15(16(23-24)18(28)19-10-13-4-2-9-29-13)21-17(27)14-5-8-26(22-14)12-25-7-3-6-20-25/h2-9,11H,10,12H2,1H3,(H,19,28)(H,21,27). The van der Waals surface area contributed by atoms with Gasteiger partial charge in [0.05, 0.1) is 18.5 Å². The Bertz CT molecular complexity index is 1110. The van der Waals surface area contributed by atoms with Gasteiger partial charge < -0.3 is 15.1 Å². The largest absolute Gasteiger partial charge is 0.467 e. The molecule has 0 spiro atoms. The minimum Gasteiger partial charge on any atom is -0.467 e. The first-order valence-corrected chi connectivity index (χ1v) is 8.75. The lowest BCUT2D eigenvalue weighted by atomic mass is 10.3. The predicted molar refractivity (Wildman–Crippen MR) is 101 cm³/mol. The topological polar surface area (TPSA) is 125 Å². The fourth-order valence-electron chi connectivity index (χ4n) is 2.69. The molecule has 0 aliphatic carbocycles. The molecule has 0 aliphatic heterocycles. The third kappa shape index (κ3) is 4.24. The molecule has 0 aliphatic rings. The second-order valence-corrected chi connectivity index (χ2v) is 6.21. The van der Waals surface area contributed by atoms with Crippen molar-refractivity contribution >= 4 is 17.5 Å². The van der Waals surface area contributed by atoms with Crippen molar-refractivity contribution in [2.45, 2.75) is 13.2 Å². The molecule has 11 nitrogen and oxygen atoms in total. The van der Waals surface area contributed by atoms with E-state index in [1.165, 1.54) is 10.9 Å². The number of hydrogen-bond acceptors (Lipinski definition) is 6. The van der Waals surface area contributed by atoms with Crippen molar-refractivity contribution in [3.8, 4) is 0 Å². The maximum absolute atomic E-state index is 12.6. The zero-order chi connectivity index (χ0) is 20.2. The van der Waals surface area contributed by atoms with E-state index >= 15 is 0 Å². The summed E-state index contributed by atoms with van der Waals surface area (Å²) in [6.45, 7) is 0.598. The molecular weight excluding hydrogens is 376 g/mol. The summed E-state index contributed by atoms with van der Waals surface area (Å²) in [7, 11) is 1.66. The number of hydrogen-bond donors (Lipinski definition) is 2. The summed E-state index contributed by atoms with van der Waals surface area (Å²) < 4.78 is 9.91. The minimum absolute atomic E-state index is 0.100. The number of aromatic nitrogens is 6. The Balaban J connectivity index is 1.43. The molecule has 4 aromatic rings. The quantitative estimate of drug-likeness (QED) is 0.483. The highest BCUT2D eigenvalue weighted by Crippen LogP contribution is 2.15. The molecule has 11 heteroatoms. The van der Waals surface area contributed by atoms with Gasteiger partial charge in [0.15, 0.2) is 11.4 Å². The summed E-state index contributed by atoms with van der Waals surface area (Å²) in [5.74, 6) is -0.263. The van der Waals surface area contributed by atoms with E-state index in [0.29, 0.717) is 12.4 Å². The number of nitrogens with zero attached hydrogens (tertiary/aromatic N) is 6. The molecule has 0 fully saturated rings. The van der Waals surface area contributed by atoms with Crippen molar-refractivity contribution in [3.63, 3.8) is 0 Å². The average Bonchev–Trinajstić information content (AvgIpc) is 3.49. The Hall–Kier alpha value is -4.15. The molecule has 2 N–H and O–H groups in total. The van der Waals surface area contributed by atoms with Crippen LogP contribution in [-0.4, -0.2) is 41.2 Å². The lowest BCUT2D eigenvalue weighted by Crippen LogP contribution is -2.25. The lowest BCUT2D eigenvalue weighted by molar-refractivity contribution is 0.0943. The van der Waals surface area contributed by atoms with Crippen LogP contribution >= 0.6 is 0 Å². The Morgan fingerprint density at radius 2 is 2.00 bits per heavy atom. The zero-order valence-electron chi connectivity index (χ0n) is 15.5. The maximum atomic E-state index is 12.6. The monoisotopic (exact) mass is 394 g/mol. The first kappa shape index (κ1) is 18.2. The smallest absolute Gasteiger partial charge is 0.276 e. The van der Waals surface area contributed by atoms with E-state index in [1.54, 1.807) is 65.5 Å². The second-order valence-electron chi connectivity index (χ2n) is 6.21. The lowest BCUT2D eigenvalue weighted by Gasteiger charge is -2.05. The Labute approximate surface area is 164 Å². The van der Waals surface area contributed by atoms with E-state index in [2.05, 4.69) is 25.9 Å². The molecule has 0 atom stereocenters. The van der Waals surface area contributed by atoms with E-state index in [0.717, 1.165) is 0 Å². The SMILES string of the molecule is Cn1cc(NC(=O)c2ccn(Cn3cccn3)n2)c(C(=O)NCc2ccco2)n1. The predicted octanol–water partition coefficient (Wildman–Crippen LogP) is 1.09. The molecule has 0 saturated heterocycles. The highest BCUT2D eigenvalue weighted by molar-refractivity contribution is 6.07. The fourth-order valence-corrected chi connectivity index (χ4v) is 2.69. The molecule has 4 heterocycles. The highest BCUT2D eigenvalue weighted by Gasteiger charge is 2.20. The van der Waals surface area contributed by atoms with Crippen LogP contribution in [0.1, 0.15) is 26.7 Å².